The van der Waals surface area contributed by atoms with Gasteiger partial charge in [0.2, 0.25) is 5.91 Å². The fourth-order valence-corrected chi connectivity index (χ4v) is 2.86. The van der Waals surface area contributed by atoms with Gasteiger partial charge in [-0.25, -0.2) is 9.97 Å². The summed E-state index contributed by atoms with van der Waals surface area (Å²) in [5, 5.41) is 0. The molecule has 2 N–H and O–H groups in total. The van der Waals surface area contributed by atoms with Gasteiger partial charge in [-0.2, -0.15) is 0 Å². The molecule has 0 spiro atoms. The molecule has 1 aromatic heterocycles. The molecule has 2 aromatic rings. The maximum Gasteiger partial charge on any atom is 0.236 e. The van der Waals surface area contributed by atoms with Crippen molar-refractivity contribution in [3.8, 4) is 11.3 Å². The number of rotatable bonds is 3. The Bertz CT molecular complexity index is 636. The maximum atomic E-state index is 11.6. The highest BCUT2D eigenvalue weighted by Crippen LogP contribution is 2.27. The lowest BCUT2D eigenvalue weighted by molar-refractivity contribution is -0.130. The molecule has 0 unspecified atom stereocenters. The highest BCUT2D eigenvalue weighted by atomic mass is 16.2. The first-order valence-electron chi connectivity index (χ1n) is 7.64. The Morgan fingerprint density at radius 2 is 1.91 bits per heavy atom. The normalized spacial score (nSPS) is 15.8. The van der Waals surface area contributed by atoms with Gasteiger partial charge in [0.05, 0.1) is 12.2 Å². The third-order valence-electron chi connectivity index (χ3n) is 4.13. The number of aromatic nitrogens is 2. The SMILES string of the molecule is NCC(=O)N1CCC(c2nccc(-c3ccccc3)n2)CC1. The Morgan fingerprint density at radius 3 is 2.59 bits per heavy atom. The van der Waals surface area contributed by atoms with Crippen LogP contribution >= 0.6 is 0 Å². The number of carbonyl (C=O) groups excluding carboxylic acids is 1. The number of amides is 1. The molecule has 5 nitrogen and oxygen atoms in total. The third-order valence-corrected chi connectivity index (χ3v) is 4.13. The molecule has 3 rings (SSSR count). The zero-order valence-electron chi connectivity index (χ0n) is 12.5. The van der Waals surface area contributed by atoms with Crippen LogP contribution in [0.3, 0.4) is 0 Å². The first-order chi connectivity index (χ1) is 10.8. The minimum absolute atomic E-state index is 0.0254. The standard InChI is InChI=1S/C17H20N4O/c18-12-16(22)21-10-7-14(8-11-21)17-19-9-6-15(20-17)13-4-2-1-3-5-13/h1-6,9,14H,7-8,10-12,18H2. The van der Waals surface area contributed by atoms with Gasteiger partial charge in [0, 0.05) is 30.8 Å². The highest BCUT2D eigenvalue weighted by Gasteiger charge is 2.24. The number of benzene rings is 1. The van der Waals surface area contributed by atoms with Gasteiger partial charge in [-0.05, 0) is 18.9 Å². The van der Waals surface area contributed by atoms with Gasteiger partial charge in [0.1, 0.15) is 5.82 Å². The van der Waals surface area contributed by atoms with Crippen LogP contribution in [0.25, 0.3) is 11.3 Å². The number of hydrogen-bond acceptors (Lipinski definition) is 4. The average molecular weight is 296 g/mol. The fourth-order valence-electron chi connectivity index (χ4n) is 2.86. The van der Waals surface area contributed by atoms with Gasteiger partial charge in [-0.3, -0.25) is 4.79 Å². The molecule has 5 heteroatoms. The number of nitrogens with two attached hydrogens (primary N) is 1. The highest BCUT2D eigenvalue weighted by molar-refractivity contribution is 5.78. The summed E-state index contributed by atoms with van der Waals surface area (Å²) in [4.78, 5) is 22.6. The van der Waals surface area contributed by atoms with E-state index in [2.05, 4.69) is 17.1 Å². The van der Waals surface area contributed by atoms with Crippen LogP contribution in [-0.2, 0) is 4.79 Å². The second-order valence-electron chi connectivity index (χ2n) is 5.53. The zero-order chi connectivity index (χ0) is 15.4. The second kappa shape index (κ2) is 6.66. The van der Waals surface area contributed by atoms with E-state index in [1.54, 1.807) is 0 Å². The van der Waals surface area contributed by atoms with Gasteiger partial charge >= 0.3 is 0 Å². The topological polar surface area (TPSA) is 72.1 Å². The van der Waals surface area contributed by atoms with Gasteiger partial charge in [0.15, 0.2) is 0 Å². The summed E-state index contributed by atoms with van der Waals surface area (Å²) in [5.74, 6) is 1.21. The molecule has 1 aromatic carbocycles. The van der Waals surface area contributed by atoms with Crippen LogP contribution in [0.2, 0.25) is 0 Å². The minimum atomic E-state index is 0.0254. The predicted octanol–water partition coefficient (Wildman–Crippen LogP) is 1.81. The van der Waals surface area contributed by atoms with Crippen LogP contribution in [0.4, 0.5) is 0 Å². The fraction of sp³-hybridized carbons (Fsp3) is 0.353. The maximum absolute atomic E-state index is 11.6. The lowest BCUT2D eigenvalue weighted by Crippen LogP contribution is -2.41. The van der Waals surface area contributed by atoms with Crippen LogP contribution in [-0.4, -0.2) is 40.4 Å². The van der Waals surface area contributed by atoms with Gasteiger partial charge in [0.25, 0.3) is 0 Å². The van der Waals surface area contributed by atoms with E-state index in [1.165, 1.54) is 0 Å². The van der Waals surface area contributed by atoms with Gasteiger partial charge in [-0.1, -0.05) is 30.3 Å². The van der Waals surface area contributed by atoms with Crippen LogP contribution < -0.4 is 5.73 Å². The van der Waals surface area contributed by atoms with Crippen LogP contribution in [0.5, 0.6) is 0 Å². The van der Waals surface area contributed by atoms with E-state index < -0.39 is 0 Å². The van der Waals surface area contributed by atoms with E-state index in [4.69, 9.17) is 10.7 Å². The molecule has 1 fully saturated rings. The molecule has 0 saturated carbocycles. The van der Waals surface area contributed by atoms with Crippen LogP contribution in [0, 0.1) is 0 Å². The molecule has 0 radical (unpaired) electrons. The van der Waals surface area contributed by atoms with Crippen molar-refractivity contribution in [2.75, 3.05) is 19.6 Å². The molecule has 1 aliphatic rings. The molecule has 0 bridgehead atoms. The molecule has 0 atom stereocenters. The molecule has 1 amide bonds. The van der Waals surface area contributed by atoms with Crippen molar-refractivity contribution >= 4 is 5.91 Å². The van der Waals surface area contributed by atoms with Crippen molar-refractivity contribution < 1.29 is 4.79 Å². The Balaban J connectivity index is 1.73. The number of carbonyl (C=O) groups is 1. The molecule has 22 heavy (non-hydrogen) atoms. The molecular formula is C17H20N4O. The van der Waals surface area contributed by atoms with Crippen LogP contribution in [0.15, 0.2) is 42.6 Å². The predicted molar refractivity (Wildman–Crippen MR) is 85.1 cm³/mol. The average Bonchev–Trinajstić information content (AvgIpc) is 2.62. The van der Waals surface area contributed by atoms with E-state index in [1.807, 2.05) is 35.4 Å². The lowest BCUT2D eigenvalue weighted by atomic mass is 9.95. The first-order valence-corrected chi connectivity index (χ1v) is 7.64. The van der Waals surface area contributed by atoms with Crippen molar-refractivity contribution in [3.63, 3.8) is 0 Å². The molecule has 2 heterocycles. The quantitative estimate of drug-likeness (QED) is 0.937. The minimum Gasteiger partial charge on any atom is -0.342 e. The Labute approximate surface area is 130 Å². The summed E-state index contributed by atoms with van der Waals surface area (Å²) in [6.45, 7) is 1.56. The third kappa shape index (κ3) is 3.14. The summed E-state index contributed by atoms with van der Waals surface area (Å²) in [6.07, 6.45) is 3.61. The molecular weight excluding hydrogens is 276 g/mol. The first kappa shape index (κ1) is 14.7. The van der Waals surface area contributed by atoms with Crippen LogP contribution in [0.1, 0.15) is 24.6 Å². The van der Waals surface area contributed by atoms with Crippen molar-refractivity contribution in [3.05, 3.63) is 48.4 Å². The van der Waals surface area contributed by atoms with Gasteiger partial charge < -0.3 is 10.6 Å². The summed E-state index contributed by atoms with van der Waals surface area (Å²) < 4.78 is 0. The van der Waals surface area contributed by atoms with E-state index in [0.717, 1.165) is 43.0 Å². The summed E-state index contributed by atoms with van der Waals surface area (Å²) in [6, 6.07) is 12.0. The largest absolute Gasteiger partial charge is 0.342 e. The molecule has 114 valence electrons. The number of piperidine rings is 1. The number of hydrogen-bond donors (Lipinski definition) is 1. The molecule has 1 aliphatic heterocycles. The van der Waals surface area contributed by atoms with Crippen molar-refractivity contribution in [2.24, 2.45) is 5.73 Å². The number of nitrogens with zero attached hydrogens (tertiary/aromatic N) is 3. The van der Waals surface area contributed by atoms with E-state index in [0.29, 0.717) is 5.92 Å². The smallest absolute Gasteiger partial charge is 0.236 e. The zero-order valence-corrected chi connectivity index (χ0v) is 12.5. The summed E-state index contributed by atoms with van der Waals surface area (Å²) in [5.41, 5.74) is 7.47. The van der Waals surface area contributed by atoms with E-state index in [9.17, 15) is 4.79 Å². The van der Waals surface area contributed by atoms with Crippen molar-refractivity contribution in [1.82, 2.24) is 14.9 Å². The summed E-state index contributed by atoms with van der Waals surface area (Å²) >= 11 is 0. The summed E-state index contributed by atoms with van der Waals surface area (Å²) in [7, 11) is 0. The Hall–Kier alpha value is -2.27. The van der Waals surface area contributed by atoms with E-state index >= 15 is 0 Å². The molecule has 1 saturated heterocycles. The van der Waals surface area contributed by atoms with Gasteiger partial charge in [-0.15, -0.1) is 0 Å². The lowest BCUT2D eigenvalue weighted by Gasteiger charge is -2.31. The Kier molecular flexibility index (Phi) is 4.44. The van der Waals surface area contributed by atoms with Crippen molar-refractivity contribution in [1.29, 1.82) is 0 Å². The monoisotopic (exact) mass is 296 g/mol. The Morgan fingerprint density at radius 1 is 1.18 bits per heavy atom. The van der Waals surface area contributed by atoms with Crippen molar-refractivity contribution in [2.45, 2.75) is 18.8 Å². The number of likely N-dealkylation sites (tertiary alicyclic amines) is 1. The second-order valence-corrected chi connectivity index (χ2v) is 5.53. The van der Waals surface area contributed by atoms with E-state index in [-0.39, 0.29) is 12.5 Å². The molecule has 0 aliphatic carbocycles.